The molecular weight excluding hydrogens is 376 g/mol. The van der Waals surface area contributed by atoms with Crippen molar-refractivity contribution in [2.45, 2.75) is 6.92 Å². The first-order chi connectivity index (χ1) is 11.7. The summed E-state index contributed by atoms with van der Waals surface area (Å²) in [5.74, 6) is 1.52. The number of halogens is 1. The van der Waals surface area contributed by atoms with Gasteiger partial charge in [0.2, 0.25) is 6.79 Å². The molecule has 0 saturated heterocycles. The third-order valence-electron chi connectivity index (χ3n) is 3.26. The van der Waals surface area contributed by atoms with Gasteiger partial charge in [0.05, 0.1) is 18.4 Å². The van der Waals surface area contributed by atoms with Gasteiger partial charge in [-0.15, -0.1) is 0 Å². The molecule has 0 radical (unpaired) electrons. The topological polar surface area (TPSA) is 69.2 Å². The van der Waals surface area contributed by atoms with Gasteiger partial charge in [-0.05, 0) is 48.9 Å². The number of hydrazone groups is 1. The second kappa shape index (κ2) is 7.35. The van der Waals surface area contributed by atoms with Crippen LogP contribution in [0.15, 0.2) is 46.0 Å². The molecular formula is C17H15BrN2O4. The van der Waals surface area contributed by atoms with E-state index in [-0.39, 0.29) is 12.7 Å². The van der Waals surface area contributed by atoms with E-state index in [0.29, 0.717) is 29.4 Å². The Morgan fingerprint density at radius 3 is 2.96 bits per heavy atom. The van der Waals surface area contributed by atoms with Crippen LogP contribution in [0.2, 0.25) is 0 Å². The number of hydrogen-bond donors (Lipinski definition) is 1. The summed E-state index contributed by atoms with van der Waals surface area (Å²) in [6.45, 7) is 2.56. The van der Waals surface area contributed by atoms with Crippen LogP contribution in [0.3, 0.4) is 0 Å². The van der Waals surface area contributed by atoms with E-state index in [1.807, 2.05) is 19.1 Å². The molecule has 0 saturated carbocycles. The van der Waals surface area contributed by atoms with Crippen LogP contribution in [0.1, 0.15) is 22.8 Å². The molecule has 24 heavy (non-hydrogen) atoms. The summed E-state index contributed by atoms with van der Waals surface area (Å²) in [4.78, 5) is 12.3. The molecule has 6 nitrogen and oxygen atoms in total. The normalized spacial score (nSPS) is 12.4. The summed E-state index contributed by atoms with van der Waals surface area (Å²) < 4.78 is 16.8. The van der Waals surface area contributed by atoms with Crippen molar-refractivity contribution < 1.29 is 19.0 Å². The van der Waals surface area contributed by atoms with Gasteiger partial charge in [0, 0.05) is 4.47 Å². The predicted octanol–water partition coefficient (Wildman–Crippen LogP) is 3.34. The van der Waals surface area contributed by atoms with Gasteiger partial charge < -0.3 is 14.2 Å². The zero-order chi connectivity index (χ0) is 16.9. The number of carbonyl (C=O) groups is 1. The van der Waals surface area contributed by atoms with E-state index in [1.165, 1.54) is 6.21 Å². The first-order valence-electron chi connectivity index (χ1n) is 7.33. The second-order valence-corrected chi connectivity index (χ2v) is 5.80. The zero-order valence-corrected chi connectivity index (χ0v) is 14.5. The number of nitrogens with zero attached hydrogens (tertiary/aromatic N) is 1. The third kappa shape index (κ3) is 3.68. The van der Waals surface area contributed by atoms with Crippen LogP contribution in [0.5, 0.6) is 17.2 Å². The zero-order valence-electron chi connectivity index (χ0n) is 12.9. The van der Waals surface area contributed by atoms with Crippen LogP contribution in [0.25, 0.3) is 0 Å². The summed E-state index contributed by atoms with van der Waals surface area (Å²) in [5.41, 5.74) is 3.70. The number of rotatable bonds is 5. The lowest BCUT2D eigenvalue weighted by molar-refractivity contribution is 0.0951. The van der Waals surface area contributed by atoms with Gasteiger partial charge in [-0.3, -0.25) is 4.79 Å². The summed E-state index contributed by atoms with van der Waals surface area (Å²) >= 11 is 3.35. The highest BCUT2D eigenvalue weighted by molar-refractivity contribution is 9.10. The number of ether oxygens (including phenoxy) is 3. The van der Waals surface area contributed by atoms with Gasteiger partial charge in [0.15, 0.2) is 11.5 Å². The molecule has 0 atom stereocenters. The minimum Gasteiger partial charge on any atom is -0.493 e. The molecule has 1 aliphatic rings. The molecule has 0 unspecified atom stereocenters. The number of hydrogen-bond acceptors (Lipinski definition) is 5. The highest BCUT2D eigenvalue weighted by Gasteiger charge is 2.14. The van der Waals surface area contributed by atoms with Crippen molar-refractivity contribution in [3.05, 3.63) is 52.0 Å². The average Bonchev–Trinajstić information content (AvgIpc) is 3.04. The highest BCUT2D eigenvalue weighted by Crippen LogP contribution is 2.32. The molecule has 0 bridgehead atoms. The number of carbonyl (C=O) groups excluding carboxylic acids is 1. The molecule has 0 aromatic heterocycles. The Morgan fingerprint density at radius 1 is 1.29 bits per heavy atom. The smallest absolute Gasteiger partial charge is 0.275 e. The van der Waals surface area contributed by atoms with Gasteiger partial charge in [-0.25, -0.2) is 5.43 Å². The SMILES string of the molecule is CCOc1ccc(Br)cc1C(=O)NN=Cc1ccc2c(c1)OCO2. The van der Waals surface area contributed by atoms with Gasteiger partial charge in [0.1, 0.15) is 5.75 Å². The quantitative estimate of drug-likeness (QED) is 0.627. The van der Waals surface area contributed by atoms with E-state index < -0.39 is 0 Å². The van der Waals surface area contributed by atoms with Crippen LogP contribution < -0.4 is 19.6 Å². The van der Waals surface area contributed by atoms with E-state index >= 15 is 0 Å². The number of nitrogens with one attached hydrogen (secondary N) is 1. The summed E-state index contributed by atoms with van der Waals surface area (Å²) in [7, 11) is 0. The molecule has 1 amide bonds. The van der Waals surface area contributed by atoms with Gasteiger partial charge in [-0.1, -0.05) is 15.9 Å². The Bertz CT molecular complexity index is 792. The predicted molar refractivity (Wildman–Crippen MR) is 92.9 cm³/mol. The van der Waals surface area contributed by atoms with Crippen LogP contribution in [-0.4, -0.2) is 25.5 Å². The molecule has 0 spiro atoms. The standard InChI is InChI=1S/C17H15BrN2O4/c1-2-22-14-6-4-12(18)8-13(14)17(21)20-19-9-11-3-5-15-16(7-11)24-10-23-15/h3-9H,2,10H2,1H3,(H,20,21). The van der Waals surface area contributed by atoms with Crippen molar-refractivity contribution in [3.8, 4) is 17.2 Å². The van der Waals surface area contributed by atoms with E-state index in [9.17, 15) is 4.79 Å². The molecule has 1 N–H and O–H groups in total. The maximum absolute atomic E-state index is 12.3. The lowest BCUT2D eigenvalue weighted by atomic mass is 10.2. The Balaban J connectivity index is 1.70. The molecule has 7 heteroatoms. The summed E-state index contributed by atoms with van der Waals surface area (Å²) in [6.07, 6.45) is 1.54. The first-order valence-corrected chi connectivity index (χ1v) is 8.12. The molecule has 0 aliphatic carbocycles. The van der Waals surface area contributed by atoms with Gasteiger partial charge in [0.25, 0.3) is 5.91 Å². The molecule has 3 rings (SSSR count). The molecule has 1 heterocycles. The Morgan fingerprint density at radius 2 is 2.12 bits per heavy atom. The van der Waals surface area contributed by atoms with Crippen LogP contribution in [0, 0.1) is 0 Å². The van der Waals surface area contributed by atoms with Crippen molar-refractivity contribution in [2.75, 3.05) is 13.4 Å². The molecule has 124 valence electrons. The molecule has 0 fully saturated rings. The molecule has 2 aromatic rings. The second-order valence-electron chi connectivity index (χ2n) is 4.89. The van der Waals surface area contributed by atoms with Gasteiger partial charge in [-0.2, -0.15) is 5.10 Å². The van der Waals surface area contributed by atoms with Gasteiger partial charge >= 0.3 is 0 Å². The molecule has 1 aliphatic heterocycles. The van der Waals surface area contributed by atoms with Crippen LogP contribution >= 0.6 is 15.9 Å². The fourth-order valence-corrected chi connectivity index (χ4v) is 2.54. The maximum Gasteiger partial charge on any atom is 0.275 e. The van der Waals surface area contributed by atoms with E-state index in [0.717, 1.165) is 10.0 Å². The van der Waals surface area contributed by atoms with E-state index in [2.05, 4.69) is 26.5 Å². The van der Waals surface area contributed by atoms with Crippen LogP contribution in [0.4, 0.5) is 0 Å². The van der Waals surface area contributed by atoms with Crippen molar-refractivity contribution in [1.29, 1.82) is 0 Å². The summed E-state index contributed by atoms with van der Waals surface area (Å²) in [6, 6.07) is 10.7. The van der Waals surface area contributed by atoms with Crippen molar-refractivity contribution >= 4 is 28.1 Å². The molecule has 2 aromatic carbocycles. The van der Waals surface area contributed by atoms with E-state index in [4.69, 9.17) is 14.2 Å². The minimum atomic E-state index is -0.350. The Labute approximate surface area is 147 Å². The van der Waals surface area contributed by atoms with Crippen molar-refractivity contribution in [2.24, 2.45) is 5.10 Å². The Kier molecular flexibility index (Phi) is 5.00. The number of benzene rings is 2. The van der Waals surface area contributed by atoms with Crippen LogP contribution in [-0.2, 0) is 0 Å². The average molecular weight is 391 g/mol. The largest absolute Gasteiger partial charge is 0.493 e. The van der Waals surface area contributed by atoms with Crippen molar-refractivity contribution in [3.63, 3.8) is 0 Å². The number of fused-ring (bicyclic) bond motifs is 1. The lowest BCUT2D eigenvalue weighted by Crippen LogP contribution is -2.18. The van der Waals surface area contributed by atoms with Crippen molar-refractivity contribution in [1.82, 2.24) is 5.43 Å². The highest BCUT2D eigenvalue weighted by atomic mass is 79.9. The first kappa shape index (κ1) is 16.3. The fourth-order valence-electron chi connectivity index (χ4n) is 2.18. The monoisotopic (exact) mass is 390 g/mol. The summed E-state index contributed by atoms with van der Waals surface area (Å²) in [5, 5.41) is 3.98. The fraction of sp³-hybridized carbons (Fsp3) is 0.176. The maximum atomic E-state index is 12.3. The third-order valence-corrected chi connectivity index (χ3v) is 3.76. The Hall–Kier alpha value is -2.54. The van der Waals surface area contributed by atoms with E-state index in [1.54, 1.807) is 24.3 Å². The lowest BCUT2D eigenvalue weighted by Gasteiger charge is -2.09. The number of amides is 1. The minimum absolute atomic E-state index is 0.218.